The van der Waals surface area contributed by atoms with Crippen molar-refractivity contribution < 1.29 is 14.7 Å². The molecule has 1 amide bonds. The summed E-state index contributed by atoms with van der Waals surface area (Å²) < 4.78 is 0. The van der Waals surface area contributed by atoms with Gasteiger partial charge in [-0.1, -0.05) is 29.8 Å². The standard InChI is InChI=1S/C22H18ClN3O3S2/c23-19-11-8-16(12-18(19)21(28)29)24-20(27)13-31-17-9-6-15(7-10-17)26-22(30)25-14-4-2-1-3-5-14/h1-12H,13H2,(H,24,27)(H,28,29)(H2,25,26,30). The number of anilines is 3. The van der Waals surface area contributed by atoms with E-state index >= 15 is 0 Å². The quantitative estimate of drug-likeness (QED) is 0.264. The van der Waals surface area contributed by atoms with E-state index in [1.165, 1.54) is 23.9 Å². The fourth-order valence-corrected chi connectivity index (χ4v) is 3.69. The highest BCUT2D eigenvalue weighted by Crippen LogP contribution is 2.23. The first kappa shape index (κ1) is 22.6. The number of carboxylic acids is 1. The molecule has 0 heterocycles. The van der Waals surface area contributed by atoms with Crippen LogP contribution in [0.25, 0.3) is 0 Å². The molecule has 0 aromatic heterocycles. The van der Waals surface area contributed by atoms with Crippen molar-refractivity contribution in [2.24, 2.45) is 0 Å². The highest BCUT2D eigenvalue weighted by molar-refractivity contribution is 8.00. The summed E-state index contributed by atoms with van der Waals surface area (Å²) >= 11 is 12.5. The molecule has 0 unspecified atom stereocenters. The predicted molar refractivity (Wildman–Crippen MR) is 130 cm³/mol. The molecule has 0 spiro atoms. The van der Waals surface area contributed by atoms with Crippen LogP contribution in [0.2, 0.25) is 5.02 Å². The monoisotopic (exact) mass is 471 g/mol. The Morgan fingerprint density at radius 1 is 0.871 bits per heavy atom. The number of amides is 1. The number of carbonyl (C=O) groups is 2. The normalized spacial score (nSPS) is 10.2. The molecule has 0 atom stereocenters. The van der Waals surface area contributed by atoms with Crippen molar-refractivity contribution in [2.45, 2.75) is 4.90 Å². The highest BCUT2D eigenvalue weighted by atomic mass is 35.5. The summed E-state index contributed by atoms with van der Waals surface area (Å²) in [6.45, 7) is 0. The molecule has 0 aliphatic carbocycles. The smallest absolute Gasteiger partial charge is 0.337 e. The first-order valence-electron chi connectivity index (χ1n) is 9.09. The second-order valence-corrected chi connectivity index (χ2v) is 8.17. The molecule has 4 N–H and O–H groups in total. The first-order chi connectivity index (χ1) is 14.9. The molecule has 0 aliphatic rings. The molecule has 0 radical (unpaired) electrons. The van der Waals surface area contributed by atoms with Crippen LogP contribution < -0.4 is 16.0 Å². The second kappa shape index (κ2) is 10.8. The van der Waals surface area contributed by atoms with Crippen LogP contribution in [0.3, 0.4) is 0 Å². The van der Waals surface area contributed by atoms with Crippen LogP contribution in [0.4, 0.5) is 17.1 Å². The summed E-state index contributed by atoms with van der Waals surface area (Å²) in [6.07, 6.45) is 0. The number of hydrogen-bond acceptors (Lipinski definition) is 4. The number of thiocarbonyl (C=S) groups is 1. The molecule has 3 rings (SSSR count). The van der Waals surface area contributed by atoms with Crippen LogP contribution in [-0.4, -0.2) is 27.8 Å². The Labute approximate surface area is 194 Å². The molecule has 0 fully saturated rings. The first-order valence-corrected chi connectivity index (χ1v) is 10.9. The summed E-state index contributed by atoms with van der Waals surface area (Å²) in [6, 6.07) is 21.5. The number of carbonyl (C=O) groups excluding carboxylic acids is 1. The number of hydrogen-bond donors (Lipinski definition) is 4. The Balaban J connectivity index is 1.48. The minimum Gasteiger partial charge on any atom is -0.478 e. The number of para-hydroxylation sites is 1. The zero-order valence-corrected chi connectivity index (χ0v) is 18.5. The SMILES string of the molecule is O=C(CSc1ccc(NC(=S)Nc2ccccc2)cc1)Nc1ccc(Cl)c(C(=O)O)c1. The Bertz CT molecular complexity index is 1090. The zero-order chi connectivity index (χ0) is 22.2. The molecule has 3 aromatic carbocycles. The topological polar surface area (TPSA) is 90.5 Å². The van der Waals surface area contributed by atoms with Crippen molar-refractivity contribution in [3.8, 4) is 0 Å². The van der Waals surface area contributed by atoms with E-state index in [-0.39, 0.29) is 22.2 Å². The van der Waals surface area contributed by atoms with Crippen LogP contribution in [0.15, 0.2) is 77.7 Å². The lowest BCUT2D eigenvalue weighted by Crippen LogP contribution is -2.18. The van der Waals surface area contributed by atoms with Gasteiger partial charge in [0.15, 0.2) is 5.11 Å². The Morgan fingerprint density at radius 3 is 2.13 bits per heavy atom. The van der Waals surface area contributed by atoms with Crippen molar-refractivity contribution in [3.05, 3.63) is 83.4 Å². The predicted octanol–water partition coefficient (Wildman–Crippen LogP) is 5.58. The number of benzene rings is 3. The van der Waals surface area contributed by atoms with Gasteiger partial charge in [0.2, 0.25) is 5.91 Å². The van der Waals surface area contributed by atoms with Crippen molar-refractivity contribution in [2.75, 3.05) is 21.7 Å². The van der Waals surface area contributed by atoms with E-state index in [4.69, 9.17) is 28.9 Å². The molecule has 0 aliphatic heterocycles. The van der Waals surface area contributed by atoms with Gasteiger partial charge < -0.3 is 21.1 Å². The zero-order valence-electron chi connectivity index (χ0n) is 16.1. The maximum atomic E-state index is 12.2. The number of thioether (sulfide) groups is 1. The lowest BCUT2D eigenvalue weighted by molar-refractivity contribution is -0.113. The molecule has 3 aromatic rings. The minimum atomic E-state index is -1.15. The molecular formula is C22H18ClN3O3S2. The molecule has 0 saturated heterocycles. The molecule has 31 heavy (non-hydrogen) atoms. The van der Waals surface area contributed by atoms with E-state index in [1.807, 2.05) is 54.6 Å². The fourth-order valence-electron chi connectivity index (χ4n) is 2.56. The molecule has 158 valence electrons. The third-order valence-electron chi connectivity index (χ3n) is 3.99. The van der Waals surface area contributed by atoms with E-state index in [0.717, 1.165) is 16.3 Å². The van der Waals surface area contributed by atoms with Gasteiger partial charge in [-0.2, -0.15) is 0 Å². The molecule has 0 bridgehead atoms. The minimum absolute atomic E-state index is 0.0603. The van der Waals surface area contributed by atoms with Gasteiger partial charge in [0.1, 0.15) is 0 Å². The summed E-state index contributed by atoms with van der Waals surface area (Å²) in [4.78, 5) is 24.2. The lowest BCUT2D eigenvalue weighted by Gasteiger charge is -2.11. The van der Waals surface area contributed by atoms with Gasteiger partial charge in [-0.25, -0.2) is 4.79 Å². The van der Waals surface area contributed by atoms with Crippen molar-refractivity contribution in [3.63, 3.8) is 0 Å². The van der Waals surface area contributed by atoms with Gasteiger partial charge in [-0.05, 0) is 66.8 Å². The summed E-state index contributed by atoms with van der Waals surface area (Å²) in [5.41, 5.74) is 2.04. The number of halogens is 1. The summed E-state index contributed by atoms with van der Waals surface area (Å²) in [5.74, 6) is -1.23. The summed E-state index contributed by atoms with van der Waals surface area (Å²) in [7, 11) is 0. The molecule has 9 heteroatoms. The largest absolute Gasteiger partial charge is 0.478 e. The number of rotatable bonds is 7. The Morgan fingerprint density at radius 2 is 1.48 bits per heavy atom. The van der Waals surface area contributed by atoms with Crippen molar-refractivity contribution >= 4 is 69.6 Å². The van der Waals surface area contributed by atoms with Crippen LogP contribution in [-0.2, 0) is 4.79 Å². The van der Waals surface area contributed by atoms with E-state index < -0.39 is 5.97 Å². The van der Waals surface area contributed by atoms with Crippen LogP contribution in [0, 0.1) is 0 Å². The molecular weight excluding hydrogens is 454 g/mol. The van der Waals surface area contributed by atoms with Gasteiger partial charge >= 0.3 is 5.97 Å². The van der Waals surface area contributed by atoms with Crippen molar-refractivity contribution in [1.29, 1.82) is 0 Å². The van der Waals surface area contributed by atoms with Crippen molar-refractivity contribution in [1.82, 2.24) is 0 Å². The second-order valence-electron chi connectivity index (χ2n) is 6.31. The maximum absolute atomic E-state index is 12.2. The van der Waals surface area contributed by atoms with E-state index in [0.29, 0.717) is 10.8 Å². The van der Waals surface area contributed by atoms with E-state index in [1.54, 1.807) is 6.07 Å². The summed E-state index contributed by atoms with van der Waals surface area (Å²) in [5, 5.41) is 18.6. The van der Waals surface area contributed by atoms with E-state index in [2.05, 4.69) is 16.0 Å². The Kier molecular flexibility index (Phi) is 7.88. The number of aromatic carboxylic acids is 1. The van der Waals surface area contributed by atoms with Gasteiger partial charge in [0.25, 0.3) is 0 Å². The number of nitrogens with one attached hydrogen (secondary N) is 3. The molecule has 6 nitrogen and oxygen atoms in total. The lowest BCUT2D eigenvalue weighted by atomic mass is 10.2. The number of carboxylic acid groups (broad SMARTS) is 1. The molecule has 0 saturated carbocycles. The highest BCUT2D eigenvalue weighted by Gasteiger charge is 2.11. The average molecular weight is 472 g/mol. The fraction of sp³-hybridized carbons (Fsp3) is 0.0455. The van der Waals surface area contributed by atoms with Crippen LogP contribution in [0.5, 0.6) is 0 Å². The van der Waals surface area contributed by atoms with Gasteiger partial charge in [-0.3, -0.25) is 4.79 Å². The average Bonchev–Trinajstić information content (AvgIpc) is 2.75. The van der Waals surface area contributed by atoms with Gasteiger partial charge in [0.05, 0.1) is 16.3 Å². The Hall–Kier alpha value is -3.07. The third-order valence-corrected chi connectivity index (χ3v) is 5.54. The van der Waals surface area contributed by atoms with Crippen LogP contribution in [0.1, 0.15) is 10.4 Å². The van der Waals surface area contributed by atoms with E-state index in [9.17, 15) is 9.59 Å². The maximum Gasteiger partial charge on any atom is 0.337 e. The van der Waals surface area contributed by atoms with Crippen LogP contribution >= 0.6 is 35.6 Å². The van der Waals surface area contributed by atoms with Gasteiger partial charge in [0, 0.05) is 22.0 Å². The van der Waals surface area contributed by atoms with Gasteiger partial charge in [-0.15, -0.1) is 11.8 Å². The third kappa shape index (κ3) is 6.99.